The lowest BCUT2D eigenvalue weighted by Gasteiger charge is -2.34. The third-order valence-electron chi connectivity index (χ3n) is 5.89. The Bertz CT molecular complexity index is 686. The number of carbonyl (C=O) groups excluding carboxylic acids is 3. The Labute approximate surface area is 167 Å². The topological polar surface area (TPSA) is 69.7 Å². The average Bonchev–Trinajstić information content (AvgIpc) is 2.72. The minimum Gasteiger partial charge on any atom is -0.350 e. The van der Waals surface area contributed by atoms with Crippen molar-refractivity contribution in [3.63, 3.8) is 0 Å². The summed E-state index contributed by atoms with van der Waals surface area (Å²) in [7, 11) is 1.85. The molecule has 6 heteroatoms. The van der Waals surface area contributed by atoms with Crippen LogP contribution in [0.5, 0.6) is 0 Å². The molecule has 2 aliphatic rings. The fourth-order valence-electron chi connectivity index (χ4n) is 4.25. The molecule has 1 saturated heterocycles. The number of amides is 3. The van der Waals surface area contributed by atoms with Crippen molar-refractivity contribution in [3.8, 4) is 0 Å². The Morgan fingerprint density at radius 3 is 2.54 bits per heavy atom. The molecule has 1 aliphatic carbocycles. The smallest absolute Gasteiger partial charge is 0.239 e. The lowest BCUT2D eigenvalue weighted by Crippen LogP contribution is -2.56. The molecule has 1 atom stereocenters. The SMILES string of the molecule is CN(C(=O)CCC(=O)N1CC(=O)N[C@@H](Cc2ccccc2)C1)C1CCCCC1. The van der Waals surface area contributed by atoms with E-state index in [1.165, 1.54) is 19.3 Å². The highest BCUT2D eigenvalue weighted by atomic mass is 16.2. The molecular formula is C22H31N3O3. The van der Waals surface area contributed by atoms with E-state index in [1.54, 1.807) is 4.90 Å². The predicted octanol–water partition coefficient (Wildman–Crippen LogP) is 2.13. The third-order valence-corrected chi connectivity index (χ3v) is 5.89. The minimum absolute atomic E-state index is 0.0301. The van der Waals surface area contributed by atoms with E-state index in [2.05, 4.69) is 5.32 Å². The highest BCUT2D eigenvalue weighted by Crippen LogP contribution is 2.22. The van der Waals surface area contributed by atoms with Crippen molar-refractivity contribution in [3.05, 3.63) is 35.9 Å². The van der Waals surface area contributed by atoms with Crippen LogP contribution in [0.25, 0.3) is 0 Å². The van der Waals surface area contributed by atoms with Crippen molar-refractivity contribution < 1.29 is 14.4 Å². The minimum atomic E-state index is -0.133. The first-order valence-electron chi connectivity index (χ1n) is 10.4. The van der Waals surface area contributed by atoms with Crippen LogP contribution >= 0.6 is 0 Å². The maximum absolute atomic E-state index is 12.6. The van der Waals surface area contributed by atoms with Crippen LogP contribution in [0.15, 0.2) is 30.3 Å². The van der Waals surface area contributed by atoms with Crippen molar-refractivity contribution in [2.24, 2.45) is 0 Å². The summed E-state index contributed by atoms with van der Waals surface area (Å²) in [6.07, 6.45) is 6.79. The van der Waals surface area contributed by atoms with Crippen molar-refractivity contribution in [1.82, 2.24) is 15.1 Å². The van der Waals surface area contributed by atoms with Gasteiger partial charge >= 0.3 is 0 Å². The van der Waals surface area contributed by atoms with Gasteiger partial charge in [-0.3, -0.25) is 14.4 Å². The van der Waals surface area contributed by atoms with Gasteiger partial charge in [0.2, 0.25) is 17.7 Å². The Hall–Kier alpha value is -2.37. The van der Waals surface area contributed by atoms with Crippen LogP contribution in [0.1, 0.15) is 50.5 Å². The van der Waals surface area contributed by atoms with E-state index in [1.807, 2.05) is 42.3 Å². The van der Waals surface area contributed by atoms with E-state index in [0.29, 0.717) is 19.0 Å². The third kappa shape index (κ3) is 5.57. The molecule has 0 spiro atoms. The fourth-order valence-corrected chi connectivity index (χ4v) is 4.25. The van der Waals surface area contributed by atoms with Crippen molar-refractivity contribution in [1.29, 1.82) is 0 Å². The van der Waals surface area contributed by atoms with Crippen LogP contribution in [-0.2, 0) is 20.8 Å². The second-order valence-corrected chi connectivity index (χ2v) is 8.02. The Kier molecular flexibility index (Phi) is 7.06. The van der Waals surface area contributed by atoms with Gasteiger partial charge in [0.25, 0.3) is 0 Å². The van der Waals surface area contributed by atoms with E-state index in [-0.39, 0.29) is 43.1 Å². The number of nitrogens with one attached hydrogen (secondary N) is 1. The summed E-state index contributed by atoms with van der Waals surface area (Å²) in [6, 6.07) is 10.2. The van der Waals surface area contributed by atoms with Gasteiger partial charge in [0.05, 0.1) is 12.6 Å². The second kappa shape index (κ2) is 9.71. The molecule has 3 rings (SSSR count). The normalized spacial score (nSPS) is 20.5. The molecule has 0 radical (unpaired) electrons. The van der Waals surface area contributed by atoms with Crippen molar-refractivity contribution in [2.45, 2.75) is 63.5 Å². The lowest BCUT2D eigenvalue weighted by atomic mass is 9.94. The van der Waals surface area contributed by atoms with Crippen LogP contribution < -0.4 is 5.32 Å². The number of carbonyl (C=O) groups is 3. The van der Waals surface area contributed by atoms with Crippen molar-refractivity contribution in [2.75, 3.05) is 20.1 Å². The molecule has 6 nitrogen and oxygen atoms in total. The van der Waals surface area contributed by atoms with E-state index in [0.717, 1.165) is 18.4 Å². The van der Waals surface area contributed by atoms with Gasteiger partial charge in [0.15, 0.2) is 0 Å². The second-order valence-electron chi connectivity index (χ2n) is 8.02. The molecule has 1 aromatic rings. The summed E-state index contributed by atoms with van der Waals surface area (Å²) in [4.78, 5) is 40.6. The van der Waals surface area contributed by atoms with Gasteiger partial charge in [-0.2, -0.15) is 0 Å². The summed E-state index contributed by atoms with van der Waals surface area (Å²) < 4.78 is 0. The molecule has 1 N–H and O–H groups in total. The number of piperazine rings is 1. The summed E-state index contributed by atoms with van der Waals surface area (Å²) in [6.45, 7) is 0.572. The van der Waals surface area contributed by atoms with Gasteiger partial charge < -0.3 is 15.1 Å². The zero-order chi connectivity index (χ0) is 19.9. The molecule has 0 unspecified atom stereocenters. The zero-order valence-corrected chi connectivity index (χ0v) is 16.7. The average molecular weight is 386 g/mol. The molecular weight excluding hydrogens is 354 g/mol. The number of benzene rings is 1. The highest BCUT2D eigenvalue weighted by molar-refractivity contribution is 5.88. The van der Waals surface area contributed by atoms with Crippen LogP contribution in [0.2, 0.25) is 0 Å². The molecule has 1 saturated carbocycles. The van der Waals surface area contributed by atoms with Crippen LogP contribution in [0.3, 0.4) is 0 Å². The van der Waals surface area contributed by atoms with Gasteiger partial charge in [-0.25, -0.2) is 0 Å². The summed E-state index contributed by atoms with van der Waals surface area (Å²) in [5, 5.41) is 2.97. The first kappa shape index (κ1) is 20.4. The van der Waals surface area contributed by atoms with E-state index in [9.17, 15) is 14.4 Å². The number of nitrogens with zero attached hydrogens (tertiary/aromatic N) is 2. The Balaban J connectivity index is 1.48. The molecule has 1 aliphatic heterocycles. The predicted molar refractivity (Wildman–Crippen MR) is 108 cm³/mol. The van der Waals surface area contributed by atoms with E-state index < -0.39 is 0 Å². The first-order valence-corrected chi connectivity index (χ1v) is 10.4. The Morgan fingerprint density at radius 2 is 1.82 bits per heavy atom. The Morgan fingerprint density at radius 1 is 1.11 bits per heavy atom. The summed E-state index contributed by atoms with van der Waals surface area (Å²) in [5.74, 6) is -0.216. The van der Waals surface area contributed by atoms with Crippen LogP contribution in [-0.4, -0.2) is 59.7 Å². The van der Waals surface area contributed by atoms with E-state index >= 15 is 0 Å². The first-order chi connectivity index (χ1) is 13.5. The largest absolute Gasteiger partial charge is 0.350 e. The van der Waals surface area contributed by atoms with Crippen LogP contribution in [0.4, 0.5) is 0 Å². The highest BCUT2D eigenvalue weighted by Gasteiger charge is 2.29. The quantitative estimate of drug-likeness (QED) is 0.816. The lowest BCUT2D eigenvalue weighted by molar-refractivity contribution is -0.141. The molecule has 152 valence electrons. The molecule has 1 aromatic carbocycles. The number of rotatable bonds is 6. The maximum Gasteiger partial charge on any atom is 0.239 e. The molecule has 28 heavy (non-hydrogen) atoms. The van der Waals surface area contributed by atoms with Crippen molar-refractivity contribution >= 4 is 17.7 Å². The molecule has 2 fully saturated rings. The zero-order valence-electron chi connectivity index (χ0n) is 16.7. The van der Waals surface area contributed by atoms with Gasteiger partial charge in [0.1, 0.15) is 0 Å². The van der Waals surface area contributed by atoms with Gasteiger partial charge in [0, 0.05) is 32.5 Å². The standard InChI is InChI=1S/C22H31N3O3/c1-24(19-10-6-3-7-11-19)21(27)12-13-22(28)25-15-18(23-20(26)16-25)14-17-8-4-2-5-9-17/h2,4-5,8-9,18-19H,3,6-7,10-16H2,1H3,(H,23,26)/t18-/m0/s1. The summed E-state index contributed by atoms with van der Waals surface area (Å²) >= 11 is 0. The number of hydrogen-bond acceptors (Lipinski definition) is 3. The van der Waals surface area contributed by atoms with Gasteiger partial charge in [-0.1, -0.05) is 49.6 Å². The molecule has 1 heterocycles. The molecule has 0 aromatic heterocycles. The van der Waals surface area contributed by atoms with Gasteiger partial charge in [-0.05, 0) is 24.8 Å². The molecule has 0 bridgehead atoms. The van der Waals surface area contributed by atoms with E-state index in [4.69, 9.17) is 0 Å². The van der Waals surface area contributed by atoms with Gasteiger partial charge in [-0.15, -0.1) is 0 Å². The summed E-state index contributed by atoms with van der Waals surface area (Å²) in [5.41, 5.74) is 1.13. The fraction of sp³-hybridized carbons (Fsp3) is 0.591. The van der Waals surface area contributed by atoms with Crippen LogP contribution in [0, 0.1) is 0 Å². The molecule has 3 amide bonds. The number of hydrogen-bond donors (Lipinski definition) is 1. The maximum atomic E-state index is 12.6. The monoisotopic (exact) mass is 385 g/mol.